The Morgan fingerprint density at radius 1 is 0.407 bits per heavy atom. The van der Waals surface area contributed by atoms with Crippen LogP contribution in [0.1, 0.15) is 104 Å². The van der Waals surface area contributed by atoms with Crippen molar-refractivity contribution in [2.75, 3.05) is 0 Å². The van der Waals surface area contributed by atoms with Crippen LogP contribution in [0.25, 0.3) is 60.3 Å². The number of benzene rings is 7. The molecule has 3 nitrogen and oxygen atoms in total. The summed E-state index contributed by atoms with van der Waals surface area (Å²) < 4.78 is 93.5. The number of hydrogen-bond donors (Lipinski definition) is 0. The first kappa shape index (κ1) is 23.1. The molecule has 0 aliphatic heterocycles. The molecule has 0 saturated carbocycles. The lowest BCUT2D eigenvalue weighted by Gasteiger charge is -2.42. The molecule has 0 N–H and O–H groups in total. The molecular weight excluding hydrogens is 715 g/mol. The number of aromatic nitrogens is 3. The molecule has 0 spiro atoms. The molecule has 0 atom stereocenters. The van der Waals surface area contributed by atoms with Gasteiger partial charge in [0.2, 0.25) is 0 Å². The van der Waals surface area contributed by atoms with Gasteiger partial charge in [-0.2, -0.15) is 0 Å². The van der Waals surface area contributed by atoms with Gasteiger partial charge in [0.15, 0.2) is 0 Å². The van der Waals surface area contributed by atoms with Crippen molar-refractivity contribution in [1.82, 2.24) is 14.4 Å². The maximum atomic E-state index is 9.54. The zero-order valence-corrected chi connectivity index (χ0v) is 31.1. The van der Waals surface area contributed by atoms with Gasteiger partial charge in [-0.25, -0.2) is 0 Å². The van der Waals surface area contributed by atoms with Crippen molar-refractivity contribution in [3.63, 3.8) is 0 Å². The zero-order chi connectivity index (χ0) is 46.8. The van der Waals surface area contributed by atoms with E-state index in [1.807, 2.05) is 12.4 Å². The lowest BCUT2D eigenvalue weighted by atomic mass is 9.61. The normalized spacial score (nSPS) is 21.2. The highest BCUT2D eigenvalue weighted by molar-refractivity contribution is 6.32. The predicted octanol–water partition coefficient (Wildman–Crippen LogP) is 12.9. The maximum Gasteiger partial charge on any atom is 0.0729 e. The van der Waals surface area contributed by atoms with E-state index in [0.717, 1.165) is 66.6 Å². The maximum absolute atomic E-state index is 9.54. The third-order valence-electron chi connectivity index (χ3n) is 13.9. The van der Waals surface area contributed by atoms with E-state index in [2.05, 4.69) is 101 Å². The predicted molar refractivity (Wildman–Crippen MR) is 237 cm³/mol. The monoisotopic (exact) mass is 757 g/mol. The Morgan fingerprint density at radius 2 is 0.746 bits per heavy atom. The van der Waals surface area contributed by atoms with E-state index in [1.54, 1.807) is 6.07 Å². The van der Waals surface area contributed by atoms with E-state index < -0.39 is 60.4 Å². The van der Waals surface area contributed by atoms with Crippen LogP contribution in [0.5, 0.6) is 0 Å². The summed E-state index contributed by atoms with van der Waals surface area (Å²) in [6.45, 7) is 0. The van der Waals surface area contributed by atoms with Gasteiger partial charge >= 0.3 is 0 Å². The first-order valence-corrected chi connectivity index (χ1v) is 20.1. The van der Waals surface area contributed by atoms with E-state index in [-0.39, 0.29) is 34.8 Å². The van der Waals surface area contributed by atoms with Gasteiger partial charge in [0.05, 0.1) is 65.9 Å². The number of pyridine rings is 2. The van der Waals surface area contributed by atoms with Crippen molar-refractivity contribution in [2.45, 2.75) is 23.7 Å². The minimum atomic E-state index is -0.535. The van der Waals surface area contributed by atoms with Gasteiger partial charge in [-0.15, -0.1) is 0 Å². The summed E-state index contributed by atoms with van der Waals surface area (Å²) in [5.74, 6) is -0.939. The molecule has 11 aromatic rings. The molecule has 4 bridgehead atoms. The van der Waals surface area contributed by atoms with Crippen molar-refractivity contribution >= 4 is 38.1 Å². The molecule has 6 aliphatic rings. The standard InChI is InChI=1S/C56H33N3/c1-3-15-30(16-4-1)40-27-41(31-17-5-2-6-18-31)49-51-43(29-58-55-47-38-25-13-9-21-34(38)45(53(51)55)35-22-10-14-26-39(35)47)59-42-28-57-54-46-36-23-11-7-19-32(36)44(33-20-8-12-24-37(33)46)52(54)50(42)48(40)56(49)59/h1-29,44-47H/i1D,2D,3D,4D,5D,6D,15D,16D,17D,18D. The van der Waals surface area contributed by atoms with Gasteiger partial charge in [0.25, 0.3) is 0 Å². The fraction of sp³-hybridized carbons (Fsp3) is 0.0714. The largest absolute Gasteiger partial charge is 0.305 e. The molecule has 4 heterocycles. The molecule has 59 heavy (non-hydrogen) atoms. The molecule has 6 aliphatic carbocycles. The molecule has 0 fully saturated rings. The highest BCUT2D eigenvalue weighted by atomic mass is 15.0. The fourth-order valence-electron chi connectivity index (χ4n) is 11.9. The first-order valence-electron chi connectivity index (χ1n) is 25.1. The van der Waals surface area contributed by atoms with Crippen LogP contribution in [0.4, 0.5) is 0 Å². The van der Waals surface area contributed by atoms with Crippen LogP contribution in [0.2, 0.25) is 0 Å². The summed E-state index contributed by atoms with van der Waals surface area (Å²) in [7, 11) is 0. The van der Waals surface area contributed by atoms with Gasteiger partial charge in [-0.1, -0.05) is 157 Å². The molecule has 272 valence electrons. The SMILES string of the molecule is [2H]c1c([2H])c([2H])c(-c2cc(-c3c([2H])c([2H])c([2H])c([2H])c3[2H])c3c4c5c(ncc4n4c6cnc7c(c6c2c34)C2c3ccccc3C7c3ccccc32)C2c3ccccc3C5c3ccccc32)c([2H])c1[2H]. The van der Waals surface area contributed by atoms with Crippen LogP contribution in [-0.4, -0.2) is 14.4 Å². The topological polar surface area (TPSA) is 30.2 Å². The summed E-state index contributed by atoms with van der Waals surface area (Å²) in [5.41, 5.74) is 15.5. The molecule has 4 aromatic heterocycles. The Bertz CT molecular complexity index is 3840. The Balaban J connectivity index is 1.21. The second kappa shape index (κ2) is 10.8. The van der Waals surface area contributed by atoms with Crippen molar-refractivity contribution in [1.29, 1.82) is 0 Å². The minimum Gasteiger partial charge on any atom is -0.305 e. The molecule has 0 unspecified atom stereocenters. The van der Waals surface area contributed by atoms with Crippen molar-refractivity contribution in [2.24, 2.45) is 0 Å². The van der Waals surface area contributed by atoms with E-state index in [1.165, 1.54) is 22.3 Å². The third kappa shape index (κ3) is 3.59. The van der Waals surface area contributed by atoms with Crippen LogP contribution < -0.4 is 0 Å². The lowest BCUT2D eigenvalue weighted by molar-refractivity contribution is 0.734. The molecule has 3 heteroatoms. The quantitative estimate of drug-likeness (QED) is 0.176. The van der Waals surface area contributed by atoms with Gasteiger partial charge < -0.3 is 4.40 Å². The number of nitrogens with zero attached hydrogens (tertiary/aromatic N) is 3. The van der Waals surface area contributed by atoms with Gasteiger partial charge in [-0.05, 0) is 84.0 Å². The summed E-state index contributed by atoms with van der Waals surface area (Å²) in [6.07, 6.45) is 3.79. The lowest BCUT2D eigenvalue weighted by Crippen LogP contribution is -2.28. The molecule has 17 rings (SSSR count). The van der Waals surface area contributed by atoms with Crippen LogP contribution in [0.15, 0.2) is 176 Å². The van der Waals surface area contributed by atoms with Gasteiger partial charge in [0.1, 0.15) is 0 Å². The summed E-state index contributed by atoms with van der Waals surface area (Å²) in [4.78, 5) is 10.8. The Labute approximate surface area is 354 Å². The highest BCUT2D eigenvalue weighted by Crippen LogP contribution is 2.61. The van der Waals surface area contributed by atoms with Crippen LogP contribution in [0.3, 0.4) is 0 Å². The second-order valence-electron chi connectivity index (χ2n) is 16.3. The number of fused-ring (bicyclic) bond motifs is 6. The zero-order valence-electron chi connectivity index (χ0n) is 41.1. The van der Waals surface area contributed by atoms with E-state index in [9.17, 15) is 5.48 Å². The Morgan fingerprint density at radius 3 is 1.10 bits per heavy atom. The first-order chi connectivity index (χ1) is 33.5. The molecular formula is C56H33N3. The third-order valence-corrected chi connectivity index (χ3v) is 13.9. The highest BCUT2D eigenvalue weighted by Gasteiger charge is 2.46. The number of rotatable bonds is 2. The van der Waals surface area contributed by atoms with Crippen molar-refractivity contribution in [3.8, 4) is 22.3 Å². The van der Waals surface area contributed by atoms with Crippen LogP contribution in [-0.2, 0) is 0 Å². The van der Waals surface area contributed by atoms with E-state index >= 15 is 0 Å². The fourth-order valence-corrected chi connectivity index (χ4v) is 11.9. The van der Waals surface area contributed by atoms with Gasteiger partial charge in [-0.3, -0.25) is 9.97 Å². The van der Waals surface area contributed by atoms with Crippen LogP contribution in [0, 0.1) is 0 Å². The molecule has 0 amide bonds. The summed E-state index contributed by atoms with van der Waals surface area (Å²) in [5, 5.41) is 2.88. The molecule has 0 radical (unpaired) electrons. The summed E-state index contributed by atoms with van der Waals surface area (Å²) in [6, 6.07) is 30.8. The van der Waals surface area contributed by atoms with E-state index in [4.69, 9.17) is 18.2 Å². The minimum absolute atomic E-state index is 0.0504. The number of hydrogen-bond acceptors (Lipinski definition) is 2. The average molecular weight is 758 g/mol. The van der Waals surface area contributed by atoms with Crippen molar-refractivity contribution < 1.29 is 13.7 Å². The average Bonchev–Trinajstić information content (AvgIpc) is 3.92. The Kier molecular flexibility index (Phi) is 4.23. The molecule has 7 aromatic carbocycles. The second-order valence-corrected chi connectivity index (χ2v) is 16.3. The Hall–Kier alpha value is -7.36. The van der Waals surface area contributed by atoms with Crippen molar-refractivity contribution in [3.05, 3.63) is 243 Å². The van der Waals surface area contributed by atoms with Crippen LogP contribution >= 0.6 is 0 Å². The molecule has 0 saturated heterocycles. The van der Waals surface area contributed by atoms with Gasteiger partial charge in [0, 0.05) is 33.4 Å². The smallest absolute Gasteiger partial charge is 0.0729 e. The summed E-state index contributed by atoms with van der Waals surface area (Å²) >= 11 is 0. The van der Waals surface area contributed by atoms with E-state index in [0.29, 0.717) is 27.4 Å².